The molecule has 0 amide bonds. The zero-order chi connectivity index (χ0) is 9.84. The fourth-order valence-electron chi connectivity index (χ4n) is 1.18. The van der Waals surface area contributed by atoms with Gasteiger partial charge in [0, 0.05) is 0 Å². The van der Waals surface area contributed by atoms with E-state index in [-0.39, 0.29) is 5.84 Å². The number of para-hydroxylation sites is 1. The Bertz CT molecular complexity index is 334. The summed E-state index contributed by atoms with van der Waals surface area (Å²) >= 11 is 0. The molecule has 1 rings (SSSR count). The Morgan fingerprint density at radius 1 is 1.54 bits per heavy atom. The first-order valence-electron chi connectivity index (χ1n) is 3.82. The van der Waals surface area contributed by atoms with Crippen LogP contribution in [0.25, 0.3) is 0 Å². The van der Waals surface area contributed by atoms with Gasteiger partial charge < -0.3 is 15.7 Å². The number of hydrogen-bond acceptors (Lipinski definition) is 3. The van der Waals surface area contributed by atoms with Crippen molar-refractivity contribution in [2.24, 2.45) is 10.9 Å². The average molecular weight is 180 g/mol. The number of hydrogen-bond donors (Lipinski definition) is 2. The van der Waals surface area contributed by atoms with Crippen molar-refractivity contribution >= 4 is 5.84 Å². The van der Waals surface area contributed by atoms with E-state index < -0.39 is 0 Å². The van der Waals surface area contributed by atoms with Gasteiger partial charge in [-0.1, -0.05) is 17.3 Å². The zero-order valence-corrected chi connectivity index (χ0v) is 7.61. The molecule has 0 aromatic heterocycles. The molecule has 13 heavy (non-hydrogen) atoms. The first-order chi connectivity index (χ1) is 6.20. The normalized spacial score (nSPS) is 11.4. The molecule has 0 heterocycles. The van der Waals surface area contributed by atoms with E-state index >= 15 is 0 Å². The van der Waals surface area contributed by atoms with Gasteiger partial charge >= 0.3 is 0 Å². The molecule has 4 heteroatoms. The Hall–Kier alpha value is -1.71. The van der Waals surface area contributed by atoms with Gasteiger partial charge in [0.2, 0.25) is 0 Å². The molecule has 0 unspecified atom stereocenters. The molecule has 0 aliphatic carbocycles. The van der Waals surface area contributed by atoms with Gasteiger partial charge in [-0.25, -0.2) is 0 Å². The van der Waals surface area contributed by atoms with Crippen LogP contribution in [0.3, 0.4) is 0 Å². The second-order valence-electron chi connectivity index (χ2n) is 2.64. The van der Waals surface area contributed by atoms with E-state index in [0.29, 0.717) is 11.3 Å². The van der Waals surface area contributed by atoms with E-state index in [1.165, 1.54) is 0 Å². The fraction of sp³-hybridized carbons (Fsp3) is 0.222. The zero-order valence-electron chi connectivity index (χ0n) is 7.61. The molecule has 70 valence electrons. The highest BCUT2D eigenvalue weighted by Crippen LogP contribution is 2.22. The number of nitrogens with two attached hydrogens (primary N) is 1. The lowest BCUT2D eigenvalue weighted by Gasteiger charge is -2.09. The van der Waals surface area contributed by atoms with Crippen molar-refractivity contribution in [2.75, 3.05) is 7.11 Å². The maximum absolute atomic E-state index is 8.51. The number of benzene rings is 1. The number of oxime groups is 1. The van der Waals surface area contributed by atoms with Crippen LogP contribution in [-0.4, -0.2) is 18.2 Å². The largest absolute Gasteiger partial charge is 0.496 e. The van der Waals surface area contributed by atoms with Gasteiger partial charge in [-0.3, -0.25) is 0 Å². The van der Waals surface area contributed by atoms with Gasteiger partial charge in [-0.05, 0) is 18.6 Å². The number of methoxy groups -OCH3 is 1. The van der Waals surface area contributed by atoms with Crippen LogP contribution in [0.15, 0.2) is 23.4 Å². The van der Waals surface area contributed by atoms with Gasteiger partial charge in [0.05, 0.1) is 12.7 Å². The quantitative estimate of drug-likeness (QED) is 0.310. The second kappa shape index (κ2) is 3.80. The predicted octanol–water partition coefficient (Wildman–Crippen LogP) is 1.10. The fourth-order valence-corrected chi connectivity index (χ4v) is 1.18. The molecular weight excluding hydrogens is 168 g/mol. The van der Waals surface area contributed by atoms with Crippen LogP contribution in [0.2, 0.25) is 0 Å². The number of aryl methyl sites for hydroxylation is 1. The summed E-state index contributed by atoms with van der Waals surface area (Å²) in [6, 6.07) is 5.46. The summed E-state index contributed by atoms with van der Waals surface area (Å²) < 4.78 is 5.13. The Labute approximate surface area is 76.6 Å². The average Bonchev–Trinajstić information content (AvgIpc) is 2.16. The van der Waals surface area contributed by atoms with E-state index in [1.807, 2.05) is 19.1 Å². The molecule has 0 aliphatic rings. The highest BCUT2D eigenvalue weighted by Gasteiger charge is 2.08. The third-order valence-corrected chi connectivity index (χ3v) is 1.80. The molecule has 0 saturated carbocycles. The van der Waals surface area contributed by atoms with Crippen molar-refractivity contribution in [3.05, 3.63) is 29.3 Å². The van der Waals surface area contributed by atoms with E-state index in [4.69, 9.17) is 15.7 Å². The van der Waals surface area contributed by atoms with Gasteiger partial charge in [-0.15, -0.1) is 0 Å². The van der Waals surface area contributed by atoms with Crippen molar-refractivity contribution in [3.8, 4) is 5.75 Å². The van der Waals surface area contributed by atoms with E-state index in [0.717, 1.165) is 5.56 Å². The summed E-state index contributed by atoms with van der Waals surface area (Å²) in [7, 11) is 1.55. The summed E-state index contributed by atoms with van der Waals surface area (Å²) in [4.78, 5) is 0. The maximum Gasteiger partial charge on any atom is 0.173 e. The van der Waals surface area contributed by atoms with Crippen LogP contribution in [0.1, 0.15) is 11.1 Å². The molecule has 0 spiro atoms. The molecule has 0 saturated heterocycles. The Balaban J connectivity index is 3.28. The van der Waals surface area contributed by atoms with Crippen LogP contribution in [0, 0.1) is 6.92 Å². The van der Waals surface area contributed by atoms with Gasteiger partial charge in [-0.2, -0.15) is 0 Å². The Morgan fingerprint density at radius 2 is 2.23 bits per heavy atom. The highest BCUT2D eigenvalue weighted by molar-refractivity contribution is 5.99. The molecule has 0 radical (unpaired) electrons. The lowest BCUT2D eigenvalue weighted by atomic mass is 10.1. The van der Waals surface area contributed by atoms with Crippen molar-refractivity contribution in [1.82, 2.24) is 0 Å². The maximum atomic E-state index is 8.51. The lowest BCUT2D eigenvalue weighted by Crippen LogP contribution is -2.14. The minimum atomic E-state index is 0.0561. The first-order valence-corrected chi connectivity index (χ1v) is 3.82. The predicted molar refractivity (Wildman–Crippen MR) is 50.2 cm³/mol. The van der Waals surface area contributed by atoms with Crippen LogP contribution in [-0.2, 0) is 0 Å². The third-order valence-electron chi connectivity index (χ3n) is 1.80. The first kappa shape index (κ1) is 9.38. The molecule has 0 aliphatic heterocycles. The number of amidine groups is 1. The summed E-state index contributed by atoms with van der Waals surface area (Å²) in [5, 5.41) is 11.4. The molecule has 1 aromatic carbocycles. The Kier molecular flexibility index (Phi) is 2.74. The second-order valence-corrected chi connectivity index (χ2v) is 2.64. The smallest absolute Gasteiger partial charge is 0.173 e. The van der Waals surface area contributed by atoms with E-state index in [1.54, 1.807) is 13.2 Å². The molecule has 0 atom stereocenters. The lowest BCUT2D eigenvalue weighted by molar-refractivity contribution is 0.318. The molecule has 1 aromatic rings. The third kappa shape index (κ3) is 1.72. The molecule has 0 fully saturated rings. The summed E-state index contributed by atoms with van der Waals surface area (Å²) in [6.07, 6.45) is 0. The van der Waals surface area contributed by atoms with Gasteiger partial charge in [0.15, 0.2) is 5.84 Å². The standard InChI is InChI=1S/C9H12N2O2/c1-6-4-3-5-7(8(6)13-2)9(10)11-12/h3-5,12H,1-2H3,(H2,10,11). The number of nitrogens with zero attached hydrogens (tertiary/aromatic N) is 1. The van der Waals surface area contributed by atoms with E-state index in [9.17, 15) is 0 Å². The van der Waals surface area contributed by atoms with Crippen LogP contribution < -0.4 is 10.5 Å². The molecule has 3 N–H and O–H groups in total. The van der Waals surface area contributed by atoms with Crippen LogP contribution in [0.4, 0.5) is 0 Å². The summed E-state index contributed by atoms with van der Waals surface area (Å²) in [5.74, 6) is 0.693. The summed E-state index contributed by atoms with van der Waals surface area (Å²) in [6.45, 7) is 1.90. The van der Waals surface area contributed by atoms with Crippen molar-refractivity contribution in [3.63, 3.8) is 0 Å². The van der Waals surface area contributed by atoms with Gasteiger partial charge in [0.1, 0.15) is 5.75 Å². The summed E-state index contributed by atoms with van der Waals surface area (Å²) in [5.41, 5.74) is 7.01. The number of rotatable bonds is 2. The molecular formula is C9H12N2O2. The monoisotopic (exact) mass is 180 g/mol. The van der Waals surface area contributed by atoms with Crippen LogP contribution in [0.5, 0.6) is 5.75 Å². The van der Waals surface area contributed by atoms with Crippen LogP contribution >= 0.6 is 0 Å². The van der Waals surface area contributed by atoms with Gasteiger partial charge in [0.25, 0.3) is 0 Å². The SMILES string of the molecule is COc1c(C)cccc1/C(N)=N/O. The topological polar surface area (TPSA) is 67.8 Å². The minimum absolute atomic E-state index is 0.0561. The van der Waals surface area contributed by atoms with E-state index in [2.05, 4.69) is 5.16 Å². The molecule has 0 bridgehead atoms. The number of ether oxygens (including phenoxy) is 1. The van der Waals surface area contributed by atoms with Crippen molar-refractivity contribution in [2.45, 2.75) is 6.92 Å². The minimum Gasteiger partial charge on any atom is -0.496 e. The Morgan fingerprint density at radius 3 is 2.77 bits per heavy atom. The highest BCUT2D eigenvalue weighted by atomic mass is 16.5. The van der Waals surface area contributed by atoms with Crippen molar-refractivity contribution < 1.29 is 9.94 Å². The van der Waals surface area contributed by atoms with Crippen molar-refractivity contribution in [1.29, 1.82) is 0 Å². The molecule has 4 nitrogen and oxygen atoms in total.